The van der Waals surface area contributed by atoms with Crippen LogP contribution in [-0.4, -0.2) is 50.3 Å². The van der Waals surface area contributed by atoms with Gasteiger partial charge in [-0.2, -0.15) is 5.10 Å². The van der Waals surface area contributed by atoms with Gasteiger partial charge in [-0.15, -0.1) is 0 Å². The highest BCUT2D eigenvalue weighted by Crippen LogP contribution is 2.29. The van der Waals surface area contributed by atoms with Crippen molar-refractivity contribution in [2.75, 3.05) is 19.7 Å². The highest BCUT2D eigenvalue weighted by atomic mass is 16.5. The maximum absolute atomic E-state index is 12.8. The first-order valence-corrected chi connectivity index (χ1v) is 9.49. The molecule has 1 saturated heterocycles. The van der Waals surface area contributed by atoms with E-state index >= 15 is 0 Å². The van der Waals surface area contributed by atoms with Crippen molar-refractivity contribution < 1.29 is 9.53 Å². The first kappa shape index (κ1) is 16.2. The van der Waals surface area contributed by atoms with Crippen molar-refractivity contribution in [1.82, 2.24) is 24.6 Å². The molecule has 3 aromatic rings. The summed E-state index contributed by atoms with van der Waals surface area (Å²) in [7, 11) is 0. The third-order valence-corrected chi connectivity index (χ3v) is 5.41. The van der Waals surface area contributed by atoms with Crippen LogP contribution < -0.4 is 4.74 Å². The van der Waals surface area contributed by atoms with Gasteiger partial charge in [0.2, 0.25) is 5.88 Å². The molecule has 2 aliphatic rings. The first-order chi connectivity index (χ1) is 13.3. The molecular weight excluding hydrogens is 342 g/mol. The average molecular weight is 363 g/mol. The third-order valence-electron chi connectivity index (χ3n) is 5.41. The Labute approximate surface area is 157 Å². The average Bonchev–Trinajstić information content (AvgIpc) is 3.17. The van der Waals surface area contributed by atoms with Crippen LogP contribution in [0.1, 0.15) is 41.4 Å². The van der Waals surface area contributed by atoms with Gasteiger partial charge in [0.05, 0.1) is 6.61 Å². The van der Waals surface area contributed by atoms with Gasteiger partial charge >= 0.3 is 0 Å². The fraction of sp³-hybridized carbons (Fsp3) is 0.400. The number of fused-ring (bicyclic) bond motifs is 2. The molecule has 27 heavy (non-hydrogen) atoms. The summed E-state index contributed by atoms with van der Waals surface area (Å²) in [5.41, 5.74) is 2.34. The molecule has 0 bridgehead atoms. The Hall–Kier alpha value is -2.96. The molecule has 138 valence electrons. The quantitative estimate of drug-likeness (QED) is 0.700. The van der Waals surface area contributed by atoms with Gasteiger partial charge in [0, 0.05) is 55.3 Å². The monoisotopic (exact) mass is 363 g/mol. The standard InChI is InChI=1S/C20H21N5O2/c26-20(17-13-18-25(23-17)9-2-12-27-18)24-10-6-14(7-11-24)16-5-4-15-3-1-8-21-19(15)22-16/h1,3-5,8,13-14H,2,6-7,9-12H2. The summed E-state index contributed by atoms with van der Waals surface area (Å²) < 4.78 is 7.35. The van der Waals surface area contributed by atoms with Crippen molar-refractivity contribution in [2.45, 2.75) is 31.7 Å². The predicted molar refractivity (Wildman–Crippen MR) is 99.8 cm³/mol. The fourth-order valence-electron chi connectivity index (χ4n) is 3.91. The van der Waals surface area contributed by atoms with Crippen LogP contribution in [0, 0.1) is 0 Å². The van der Waals surface area contributed by atoms with Crippen molar-refractivity contribution in [3.05, 3.63) is 47.9 Å². The van der Waals surface area contributed by atoms with E-state index in [1.165, 1.54) is 0 Å². The van der Waals surface area contributed by atoms with Crippen LogP contribution in [0.15, 0.2) is 36.5 Å². The number of likely N-dealkylation sites (tertiary alicyclic amines) is 1. The second kappa shape index (κ2) is 6.64. The lowest BCUT2D eigenvalue weighted by Crippen LogP contribution is -2.38. The molecule has 2 aliphatic heterocycles. The first-order valence-electron chi connectivity index (χ1n) is 9.49. The highest BCUT2D eigenvalue weighted by Gasteiger charge is 2.28. The second-order valence-electron chi connectivity index (χ2n) is 7.15. The number of aromatic nitrogens is 4. The molecule has 0 spiro atoms. The molecule has 5 heterocycles. The normalized spacial score (nSPS) is 17.6. The number of carbonyl (C=O) groups is 1. The molecule has 0 aromatic carbocycles. The molecule has 7 heteroatoms. The summed E-state index contributed by atoms with van der Waals surface area (Å²) in [6.45, 7) is 2.94. The number of aryl methyl sites for hydroxylation is 1. The molecular formula is C20H21N5O2. The van der Waals surface area contributed by atoms with E-state index in [9.17, 15) is 4.79 Å². The van der Waals surface area contributed by atoms with E-state index in [-0.39, 0.29) is 5.91 Å². The van der Waals surface area contributed by atoms with Crippen LogP contribution in [-0.2, 0) is 6.54 Å². The van der Waals surface area contributed by atoms with Crippen molar-refractivity contribution in [3.63, 3.8) is 0 Å². The van der Waals surface area contributed by atoms with Crippen LogP contribution in [0.5, 0.6) is 5.88 Å². The van der Waals surface area contributed by atoms with E-state index in [4.69, 9.17) is 9.72 Å². The molecule has 5 rings (SSSR count). The number of carbonyl (C=O) groups excluding carboxylic acids is 1. The number of amides is 1. The van der Waals surface area contributed by atoms with Gasteiger partial charge in [0.25, 0.3) is 5.91 Å². The van der Waals surface area contributed by atoms with Crippen LogP contribution in [0.3, 0.4) is 0 Å². The number of piperidine rings is 1. The minimum atomic E-state index is -0.00733. The van der Waals surface area contributed by atoms with E-state index < -0.39 is 0 Å². The van der Waals surface area contributed by atoms with Gasteiger partial charge in [0.15, 0.2) is 11.3 Å². The summed E-state index contributed by atoms with van der Waals surface area (Å²) in [5.74, 6) is 1.05. The number of pyridine rings is 2. The van der Waals surface area contributed by atoms with Gasteiger partial charge in [-0.3, -0.25) is 4.79 Å². The van der Waals surface area contributed by atoms with Crippen molar-refractivity contribution >= 4 is 16.9 Å². The Bertz CT molecular complexity index is 967. The summed E-state index contributed by atoms with van der Waals surface area (Å²) in [5, 5.41) is 5.47. The molecule has 0 aliphatic carbocycles. The van der Waals surface area contributed by atoms with Gasteiger partial charge in [-0.1, -0.05) is 0 Å². The summed E-state index contributed by atoms with van der Waals surface area (Å²) >= 11 is 0. The Morgan fingerprint density at radius 1 is 1.15 bits per heavy atom. The zero-order valence-electron chi connectivity index (χ0n) is 15.0. The number of rotatable bonds is 2. The Kier molecular flexibility index (Phi) is 3.99. The molecule has 1 fully saturated rings. The van der Waals surface area contributed by atoms with E-state index in [0.717, 1.165) is 42.5 Å². The topological polar surface area (TPSA) is 73.1 Å². The number of ether oxygens (including phenoxy) is 1. The van der Waals surface area contributed by atoms with Gasteiger partial charge in [0.1, 0.15) is 0 Å². The Morgan fingerprint density at radius 3 is 2.89 bits per heavy atom. The lowest BCUT2D eigenvalue weighted by atomic mass is 9.92. The molecule has 0 N–H and O–H groups in total. The van der Waals surface area contributed by atoms with Crippen molar-refractivity contribution in [2.24, 2.45) is 0 Å². The SMILES string of the molecule is O=C(c1cc2n(n1)CCCO2)N1CCC(c2ccc3cccnc3n2)CC1. The van der Waals surface area contributed by atoms with Gasteiger partial charge in [-0.25, -0.2) is 14.6 Å². The van der Waals surface area contributed by atoms with E-state index in [2.05, 4.69) is 22.2 Å². The Morgan fingerprint density at radius 2 is 2.04 bits per heavy atom. The van der Waals surface area contributed by atoms with Gasteiger partial charge in [-0.05, 0) is 37.1 Å². The van der Waals surface area contributed by atoms with E-state index in [1.807, 2.05) is 17.0 Å². The summed E-state index contributed by atoms with van der Waals surface area (Å²) in [6.07, 6.45) is 4.51. The molecule has 0 atom stereocenters. The minimum absolute atomic E-state index is 0.00733. The van der Waals surface area contributed by atoms with E-state index in [1.54, 1.807) is 16.9 Å². The highest BCUT2D eigenvalue weighted by molar-refractivity contribution is 5.92. The number of hydrogen-bond acceptors (Lipinski definition) is 5. The zero-order valence-corrected chi connectivity index (χ0v) is 15.0. The van der Waals surface area contributed by atoms with E-state index in [0.29, 0.717) is 37.2 Å². The Balaban J connectivity index is 1.27. The largest absolute Gasteiger partial charge is 0.478 e. The zero-order chi connectivity index (χ0) is 18.2. The van der Waals surface area contributed by atoms with Crippen molar-refractivity contribution in [1.29, 1.82) is 0 Å². The molecule has 0 unspecified atom stereocenters. The maximum Gasteiger partial charge on any atom is 0.274 e. The smallest absolute Gasteiger partial charge is 0.274 e. The lowest BCUT2D eigenvalue weighted by molar-refractivity contribution is 0.0705. The van der Waals surface area contributed by atoms with Crippen LogP contribution >= 0.6 is 0 Å². The van der Waals surface area contributed by atoms with Crippen LogP contribution in [0.4, 0.5) is 0 Å². The molecule has 3 aromatic heterocycles. The lowest BCUT2D eigenvalue weighted by Gasteiger charge is -2.31. The van der Waals surface area contributed by atoms with Gasteiger partial charge < -0.3 is 9.64 Å². The summed E-state index contributed by atoms with van der Waals surface area (Å²) in [4.78, 5) is 23.8. The fourth-order valence-corrected chi connectivity index (χ4v) is 3.91. The number of hydrogen-bond donors (Lipinski definition) is 0. The van der Waals surface area contributed by atoms with Crippen molar-refractivity contribution in [3.8, 4) is 5.88 Å². The van der Waals surface area contributed by atoms with Crippen LogP contribution in [0.25, 0.3) is 11.0 Å². The summed E-state index contributed by atoms with van der Waals surface area (Å²) in [6, 6.07) is 9.88. The van der Waals surface area contributed by atoms with Crippen LogP contribution in [0.2, 0.25) is 0 Å². The minimum Gasteiger partial charge on any atom is -0.478 e. The molecule has 0 saturated carbocycles. The molecule has 1 amide bonds. The maximum atomic E-state index is 12.8. The predicted octanol–water partition coefficient (Wildman–Crippen LogP) is 2.63. The third kappa shape index (κ3) is 3.03. The second-order valence-corrected chi connectivity index (χ2v) is 7.15. The number of nitrogens with zero attached hydrogens (tertiary/aromatic N) is 5. The molecule has 0 radical (unpaired) electrons. The molecule has 7 nitrogen and oxygen atoms in total.